The summed E-state index contributed by atoms with van der Waals surface area (Å²) >= 11 is 0. The maximum Gasteiger partial charge on any atom is 0.340 e. The summed E-state index contributed by atoms with van der Waals surface area (Å²) in [6, 6.07) is 6.64. The topological polar surface area (TPSA) is 58.6 Å². The summed E-state index contributed by atoms with van der Waals surface area (Å²) in [5.74, 6) is -0.429. The first-order valence-electron chi connectivity index (χ1n) is 7.38. The number of carbonyl (C=O) groups excluding carboxylic acids is 2. The van der Waals surface area contributed by atoms with Gasteiger partial charge in [-0.25, -0.2) is 9.59 Å². The molecule has 0 aromatic heterocycles. The smallest absolute Gasteiger partial charge is 0.340 e. The van der Waals surface area contributed by atoms with Crippen LogP contribution < -0.4 is 5.32 Å². The maximum atomic E-state index is 12.1. The standard InChI is InChI=1S/C16H24N2O3/c1-4-6-9-12-18(3)16(20)17-14-11-8-7-10-13(14)15(19)21-5-2/h7-8,10-11H,4-6,9,12H2,1-3H3,(H,17,20). The lowest BCUT2D eigenvalue weighted by Crippen LogP contribution is -2.32. The first-order valence-corrected chi connectivity index (χ1v) is 7.38. The Labute approximate surface area is 126 Å². The molecule has 0 unspecified atom stereocenters. The Bertz CT molecular complexity index is 474. The SMILES string of the molecule is CCCCCN(C)C(=O)Nc1ccccc1C(=O)OCC. The van der Waals surface area contributed by atoms with Crippen LogP contribution in [0.2, 0.25) is 0 Å². The average Bonchev–Trinajstić information content (AvgIpc) is 2.48. The van der Waals surface area contributed by atoms with E-state index in [9.17, 15) is 9.59 Å². The minimum atomic E-state index is -0.429. The third-order valence-corrected chi connectivity index (χ3v) is 3.11. The third kappa shape index (κ3) is 5.45. The molecule has 2 amide bonds. The van der Waals surface area contributed by atoms with E-state index < -0.39 is 5.97 Å². The van der Waals surface area contributed by atoms with Crippen molar-refractivity contribution >= 4 is 17.7 Å². The number of ether oxygens (including phenoxy) is 1. The summed E-state index contributed by atoms with van der Waals surface area (Å²) in [4.78, 5) is 25.6. The van der Waals surface area contributed by atoms with E-state index in [0.29, 0.717) is 24.4 Å². The Balaban J connectivity index is 2.69. The fourth-order valence-corrected chi connectivity index (χ4v) is 1.89. The average molecular weight is 292 g/mol. The lowest BCUT2D eigenvalue weighted by molar-refractivity contribution is 0.0527. The normalized spacial score (nSPS) is 10.0. The monoisotopic (exact) mass is 292 g/mol. The van der Waals surface area contributed by atoms with E-state index in [2.05, 4.69) is 12.2 Å². The fourth-order valence-electron chi connectivity index (χ4n) is 1.89. The van der Waals surface area contributed by atoms with Crippen LogP contribution >= 0.6 is 0 Å². The number of urea groups is 1. The van der Waals surface area contributed by atoms with E-state index in [-0.39, 0.29) is 6.03 Å². The van der Waals surface area contributed by atoms with Crippen LogP contribution in [0.5, 0.6) is 0 Å². The highest BCUT2D eigenvalue weighted by Gasteiger charge is 2.15. The van der Waals surface area contributed by atoms with Crippen LogP contribution in [0, 0.1) is 0 Å². The number of rotatable bonds is 7. The highest BCUT2D eigenvalue weighted by atomic mass is 16.5. The van der Waals surface area contributed by atoms with Crippen molar-refractivity contribution in [2.24, 2.45) is 0 Å². The molecule has 1 N–H and O–H groups in total. The largest absolute Gasteiger partial charge is 0.462 e. The van der Waals surface area contributed by atoms with Crippen molar-refractivity contribution in [1.29, 1.82) is 0 Å². The van der Waals surface area contributed by atoms with E-state index in [1.165, 1.54) is 0 Å². The van der Waals surface area contributed by atoms with E-state index in [1.807, 2.05) is 0 Å². The van der Waals surface area contributed by atoms with E-state index >= 15 is 0 Å². The minimum Gasteiger partial charge on any atom is -0.462 e. The molecule has 5 heteroatoms. The number of hydrogen-bond acceptors (Lipinski definition) is 3. The van der Waals surface area contributed by atoms with Gasteiger partial charge in [0.25, 0.3) is 0 Å². The van der Waals surface area contributed by atoms with Crippen molar-refractivity contribution in [3.63, 3.8) is 0 Å². The molecule has 0 atom stereocenters. The van der Waals surface area contributed by atoms with Gasteiger partial charge >= 0.3 is 12.0 Å². The zero-order chi connectivity index (χ0) is 15.7. The summed E-state index contributed by atoms with van der Waals surface area (Å²) in [5.41, 5.74) is 0.845. The first-order chi connectivity index (χ1) is 10.1. The highest BCUT2D eigenvalue weighted by molar-refractivity contribution is 6.00. The second kappa shape index (κ2) is 9.00. The molecule has 0 radical (unpaired) electrons. The van der Waals surface area contributed by atoms with E-state index in [4.69, 9.17) is 4.74 Å². The number of amides is 2. The minimum absolute atomic E-state index is 0.220. The Hall–Kier alpha value is -2.04. The van der Waals surface area contributed by atoms with Gasteiger partial charge < -0.3 is 15.0 Å². The molecule has 0 fully saturated rings. The Kier molecular flexibility index (Phi) is 7.29. The predicted octanol–water partition coefficient (Wildman–Crippen LogP) is 3.52. The second-order valence-electron chi connectivity index (χ2n) is 4.82. The molecule has 1 rings (SSSR count). The molecule has 1 aromatic carbocycles. The number of nitrogens with one attached hydrogen (secondary N) is 1. The van der Waals surface area contributed by atoms with Gasteiger partial charge in [-0.2, -0.15) is 0 Å². The van der Waals surface area contributed by atoms with Gasteiger partial charge in [-0.3, -0.25) is 0 Å². The van der Waals surface area contributed by atoms with Crippen molar-refractivity contribution in [2.45, 2.75) is 33.1 Å². The Morgan fingerprint density at radius 1 is 1.19 bits per heavy atom. The van der Waals surface area contributed by atoms with Crippen LogP contribution in [0.3, 0.4) is 0 Å². The third-order valence-electron chi connectivity index (χ3n) is 3.11. The van der Waals surface area contributed by atoms with Gasteiger partial charge in [0.15, 0.2) is 0 Å². The van der Waals surface area contributed by atoms with Gasteiger partial charge in [-0.15, -0.1) is 0 Å². The van der Waals surface area contributed by atoms with Gasteiger partial charge in [0, 0.05) is 13.6 Å². The van der Waals surface area contributed by atoms with Crippen molar-refractivity contribution in [2.75, 3.05) is 25.5 Å². The number of hydrogen-bond donors (Lipinski definition) is 1. The summed E-state index contributed by atoms with van der Waals surface area (Å²) in [5, 5.41) is 2.76. The molecule has 0 bridgehead atoms. The van der Waals surface area contributed by atoms with Gasteiger partial charge in [-0.1, -0.05) is 31.9 Å². The fraction of sp³-hybridized carbons (Fsp3) is 0.500. The summed E-state index contributed by atoms with van der Waals surface area (Å²) < 4.78 is 4.99. The predicted molar refractivity (Wildman–Crippen MR) is 83.6 cm³/mol. The van der Waals surface area contributed by atoms with Crippen LogP contribution in [0.25, 0.3) is 0 Å². The number of benzene rings is 1. The number of unbranched alkanes of at least 4 members (excludes halogenated alkanes) is 2. The molecule has 116 valence electrons. The second-order valence-corrected chi connectivity index (χ2v) is 4.82. The van der Waals surface area contributed by atoms with Crippen LogP contribution in [-0.2, 0) is 4.74 Å². The molecule has 0 spiro atoms. The molecular formula is C16H24N2O3. The molecular weight excluding hydrogens is 268 g/mol. The molecule has 0 saturated heterocycles. The lowest BCUT2D eigenvalue weighted by Gasteiger charge is -2.18. The number of carbonyl (C=O) groups is 2. The van der Waals surface area contributed by atoms with Crippen molar-refractivity contribution < 1.29 is 14.3 Å². The van der Waals surface area contributed by atoms with Gasteiger partial charge in [0.2, 0.25) is 0 Å². The molecule has 0 heterocycles. The van der Waals surface area contributed by atoms with Crippen LogP contribution in [0.4, 0.5) is 10.5 Å². The first kappa shape index (κ1) is 17.0. The summed E-state index contributed by atoms with van der Waals surface area (Å²) in [6.07, 6.45) is 3.18. The highest BCUT2D eigenvalue weighted by Crippen LogP contribution is 2.16. The van der Waals surface area contributed by atoms with Crippen molar-refractivity contribution in [3.05, 3.63) is 29.8 Å². The maximum absolute atomic E-state index is 12.1. The van der Waals surface area contributed by atoms with E-state index in [1.54, 1.807) is 43.1 Å². The Morgan fingerprint density at radius 2 is 1.90 bits per heavy atom. The van der Waals surface area contributed by atoms with Crippen LogP contribution in [0.1, 0.15) is 43.5 Å². The molecule has 0 aliphatic heterocycles. The lowest BCUT2D eigenvalue weighted by atomic mass is 10.2. The van der Waals surface area contributed by atoms with Gasteiger partial charge in [-0.05, 0) is 25.5 Å². The number of para-hydroxylation sites is 1. The summed E-state index contributed by atoms with van der Waals surface area (Å²) in [7, 11) is 1.75. The van der Waals surface area contributed by atoms with Crippen LogP contribution in [0.15, 0.2) is 24.3 Å². The molecule has 21 heavy (non-hydrogen) atoms. The molecule has 0 aliphatic rings. The Morgan fingerprint density at radius 3 is 2.57 bits per heavy atom. The van der Waals surface area contributed by atoms with Gasteiger partial charge in [0.1, 0.15) is 0 Å². The quantitative estimate of drug-likeness (QED) is 0.618. The zero-order valence-electron chi connectivity index (χ0n) is 13.0. The van der Waals surface area contributed by atoms with Crippen molar-refractivity contribution in [3.8, 4) is 0 Å². The molecule has 1 aromatic rings. The zero-order valence-corrected chi connectivity index (χ0v) is 13.0. The number of anilines is 1. The number of esters is 1. The summed E-state index contributed by atoms with van der Waals surface area (Å²) in [6.45, 7) is 4.87. The molecule has 5 nitrogen and oxygen atoms in total. The van der Waals surface area contributed by atoms with Gasteiger partial charge in [0.05, 0.1) is 17.9 Å². The van der Waals surface area contributed by atoms with E-state index in [0.717, 1.165) is 19.3 Å². The van der Waals surface area contributed by atoms with Crippen molar-refractivity contribution in [1.82, 2.24) is 4.90 Å². The number of nitrogens with zero attached hydrogens (tertiary/aromatic N) is 1. The van der Waals surface area contributed by atoms with Crippen LogP contribution in [-0.4, -0.2) is 37.1 Å². The molecule has 0 aliphatic carbocycles. The molecule has 0 saturated carbocycles.